The Morgan fingerprint density at radius 2 is 1.00 bits per heavy atom. The van der Waals surface area contributed by atoms with Crippen molar-refractivity contribution in [3.63, 3.8) is 0 Å². The van der Waals surface area contributed by atoms with Gasteiger partial charge in [0.05, 0.1) is 0 Å². The highest BCUT2D eigenvalue weighted by atomic mass is 28.4. The van der Waals surface area contributed by atoms with Crippen molar-refractivity contribution in [2.45, 2.75) is 19.3 Å². The van der Waals surface area contributed by atoms with Crippen LogP contribution in [0.15, 0.2) is 12.3 Å². The van der Waals surface area contributed by atoms with Crippen LogP contribution in [0.4, 0.5) is 0 Å². The van der Waals surface area contributed by atoms with E-state index in [-0.39, 0.29) is 0 Å². The van der Waals surface area contributed by atoms with Gasteiger partial charge in [-0.3, -0.25) is 0 Å². The first kappa shape index (κ1) is 20.7. The fraction of sp³-hybridized carbons (Fsp3) is 0.857. The van der Waals surface area contributed by atoms with Crippen LogP contribution in [-0.2, 0) is 27.5 Å². The van der Waals surface area contributed by atoms with E-state index in [1.165, 1.54) is 0 Å². The Bertz CT molecular complexity index is 208. The van der Waals surface area contributed by atoms with E-state index in [1.807, 2.05) is 0 Å². The molecule has 0 N–H and O–H groups in total. The molecule has 0 radical (unpaired) electrons. The molecule has 0 bridgehead atoms. The summed E-state index contributed by atoms with van der Waals surface area (Å²) < 4.78 is 32.6. The summed E-state index contributed by atoms with van der Waals surface area (Å²) in [5, 5.41) is 0. The summed E-state index contributed by atoms with van der Waals surface area (Å²) in [5.41, 5.74) is 1.68. The molecule has 0 aromatic carbocycles. The molecule has 0 amide bonds. The van der Waals surface area contributed by atoms with Crippen LogP contribution < -0.4 is 0 Å². The van der Waals surface area contributed by atoms with Gasteiger partial charge in [0, 0.05) is 61.0 Å². The van der Waals surface area contributed by atoms with Crippen LogP contribution in [0, 0.1) is 0 Å². The van der Waals surface area contributed by atoms with Gasteiger partial charge < -0.3 is 27.5 Å². The number of rotatable bonds is 16. The molecule has 0 heterocycles. The summed E-state index contributed by atoms with van der Waals surface area (Å²) in [4.78, 5) is 0. The van der Waals surface area contributed by atoms with Gasteiger partial charge in [0.25, 0.3) is 0 Å². The van der Waals surface area contributed by atoms with Crippen molar-refractivity contribution >= 4 is 8.80 Å². The van der Waals surface area contributed by atoms with Crippen LogP contribution in [0.2, 0.25) is 0 Å². The maximum Gasteiger partial charge on any atom is 0.529 e. The van der Waals surface area contributed by atoms with Crippen LogP contribution in [0.5, 0.6) is 0 Å². The Balaban J connectivity index is 4.26. The van der Waals surface area contributed by atoms with E-state index in [2.05, 4.69) is 6.58 Å². The molecule has 126 valence electrons. The van der Waals surface area contributed by atoms with E-state index >= 15 is 0 Å². The van der Waals surface area contributed by atoms with Gasteiger partial charge in [-0.15, -0.1) is 0 Å². The standard InChI is InChI=1S/C14H30O6Si/c1-5-21(18-12-6-9-15-2,19-13-7-10-16-3)20-14-8-11-17-4/h5H,1,6-14H2,2-4H3. The minimum Gasteiger partial charge on any atom is -0.385 e. The lowest BCUT2D eigenvalue weighted by molar-refractivity contribution is 0.0516. The van der Waals surface area contributed by atoms with Gasteiger partial charge in [-0.2, -0.15) is 0 Å². The molecule has 0 aromatic heterocycles. The van der Waals surface area contributed by atoms with Crippen LogP contribution >= 0.6 is 0 Å². The topological polar surface area (TPSA) is 55.4 Å². The Kier molecular flexibility index (Phi) is 14.4. The summed E-state index contributed by atoms with van der Waals surface area (Å²) >= 11 is 0. The first-order valence-electron chi connectivity index (χ1n) is 7.27. The molecule has 0 spiro atoms. The van der Waals surface area contributed by atoms with Crippen LogP contribution in [-0.4, -0.2) is 69.8 Å². The first-order chi connectivity index (χ1) is 10.2. The smallest absolute Gasteiger partial charge is 0.385 e. The Hall–Kier alpha value is -0.283. The van der Waals surface area contributed by atoms with Crippen molar-refractivity contribution in [2.24, 2.45) is 0 Å². The van der Waals surface area contributed by atoms with Crippen LogP contribution in [0.1, 0.15) is 19.3 Å². The minimum atomic E-state index is -2.82. The van der Waals surface area contributed by atoms with Gasteiger partial charge in [-0.05, 0) is 25.0 Å². The van der Waals surface area contributed by atoms with Crippen molar-refractivity contribution in [2.75, 3.05) is 61.0 Å². The second-order valence-electron chi connectivity index (χ2n) is 4.39. The molecular weight excluding hydrogens is 292 g/mol. The maximum atomic E-state index is 5.86. The summed E-state index contributed by atoms with van der Waals surface area (Å²) in [6.45, 7) is 7.35. The van der Waals surface area contributed by atoms with Crippen molar-refractivity contribution in [1.82, 2.24) is 0 Å². The molecular formula is C14H30O6Si. The van der Waals surface area contributed by atoms with E-state index in [0.717, 1.165) is 19.3 Å². The SMILES string of the molecule is C=C[Si](OCCCOC)(OCCCOC)OCCCOC. The molecule has 0 saturated heterocycles. The fourth-order valence-electron chi connectivity index (χ4n) is 1.55. The van der Waals surface area contributed by atoms with Crippen LogP contribution in [0.25, 0.3) is 0 Å². The predicted molar refractivity (Wildman–Crippen MR) is 83.3 cm³/mol. The monoisotopic (exact) mass is 322 g/mol. The summed E-state index contributed by atoms with van der Waals surface area (Å²) in [6.07, 6.45) is 2.38. The second kappa shape index (κ2) is 14.6. The highest BCUT2D eigenvalue weighted by Gasteiger charge is 2.37. The molecule has 0 saturated carbocycles. The van der Waals surface area contributed by atoms with E-state index in [4.69, 9.17) is 27.5 Å². The minimum absolute atomic E-state index is 0.528. The highest BCUT2D eigenvalue weighted by molar-refractivity contribution is 6.66. The lowest BCUT2D eigenvalue weighted by atomic mass is 10.5. The quantitative estimate of drug-likeness (QED) is 0.319. The Morgan fingerprint density at radius 3 is 1.24 bits per heavy atom. The van der Waals surface area contributed by atoms with Crippen molar-refractivity contribution in [3.8, 4) is 0 Å². The molecule has 0 fully saturated rings. The van der Waals surface area contributed by atoms with Crippen molar-refractivity contribution in [3.05, 3.63) is 12.3 Å². The maximum absolute atomic E-state index is 5.86. The molecule has 0 aliphatic heterocycles. The van der Waals surface area contributed by atoms with E-state index in [1.54, 1.807) is 27.0 Å². The van der Waals surface area contributed by atoms with Gasteiger partial charge in [0.2, 0.25) is 0 Å². The summed E-state index contributed by atoms with van der Waals surface area (Å²) in [7, 11) is 2.18. The molecule has 0 atom stereocenters. The van der Waals surface area contributed by atoms with Crippen molar-refractivity contribution in [1.29, 1.82) is 0 Å². The average molecular weight is 322 g/mol. The summed E-state index contributed by atoms with van der Waals surface area (Å²) in [5.74, 6) is 0. The van der Waals surface area contributed by atoms with E-state index in [0.29, 0.717) is 39.6 Å². The first-order valence-corrected chi connectivity index (χ1v) is 9.07. The van der Waals surface area contributed by atoms with E-state index in [9.17, 15) is 0 Å². The lowest BCUT2D eigenvalue weighted by Gasteiger charge is -2.26. The van der Waals surface area contributed by atoms with Gasteiger partial charge in [-0.25, -0.2) is 0 Å². The number of hydrogen-bond acceptors (Lipinski definition) is 6. The zero-order valence-corrected chi connectivity index (χ0v) is 14.6. The van der Waals surface area contributed by atoms with Gasteiger partial charge in [0.1, 0.15) is 0 Å². The van der Waals surface area contributed by atoms with Gasteiger partial charge in [-0.1, -0.05) is 6.58 Å². The zero-order chi connectivity index (χ0) is 15.8. The van der Waals surface area contributed by atoms with Crippen molar-refractivity contribution < 1.29 is 27.5 Å². The second-order valence-corrected chi connectivity index (χ2v) is 6.87. The highest BCUT2D eigenvalue weighted by Crippen LogP contribution is 2.13. The zero-order valence-electron chi connectivity index (χ0n) is 13.6. The third-order valence-electron chi connectivity index (χ3n) is 2.64. The molecule has 0 aliphatic carbocycles. The largest absolute Gasteiger partial charge is 0.529 e. The Labute approximate surface area is 129 Å². The molecule has 7 heteroatoms. The number of methoxy groups -OCH3 is 3. The normalized spacial score (nSPS) is 11.8. The predicted octanol–water partition coefficient (Wildman–Crippen LogP) is 1.81. The molecule has 0 unspecified atom stereocenters. The number of hydrogen-bond donors (Lipinski definition) is 0. The molecule has 6 nitrogen and oxygen atoms in total. The van der Waals surface area contributed by atoms with Gasteiger partial charge >= 0.3 is 8.80 Å². The van der Waals surface area contributed by atoms with Crippen LogP contribution in [0.3, 0.4) is 0 Å². The molecule has 0 aliphatic rings. The molecule has 0 aromatic rings. The lowest BCUT2D eigenvalue weighted by Crippen LogP contribution is -2.45. The number of ether oxygens (including phenoxy) is 3. The summed E-state index contributed by atoms with van der Waals surface area (Å²) in [6, 6.07) is 0. The average Bonchev–Trinajstić information content (AvgIpc) is 2.51. The Morgan fingerprint density at radius 1 is 0.667 bits per heavy atom. The third kappa shape index (κ3) is 11.0. The van der Waals surface area contributed by atoms with E-state index < -0.39 is 8.80 Å². The van der Waals surface area contributed by atoms with Gasteiger partial charge in [0.15, 0.2) is 0 Å². The fourth-order valence-corrected chi connectivity index (χ4v) is 3.44. The third-order valence-corrected chi connectivity index (χ3v) is 4.96. The molecule has 21 heavy (non-hydrogen) atoms. The molecule has 0 rings (SSSR count).